The fourth-order valence-electron chi connectivity index (χ4n) is 3.12. The number of ketones is 1. The van der Waals surface area contributed by atoms with Gasteiger partial charge in [-0.25, -0.2) is 0 Å². The summed E-state index contributed by atoms with van der Waals surface area (Å²) in [5.74, 6) is 2.74. The van der Waals surface area contributed by atoms with Gasteiger partial charge in [-0.3, -0.25) is 4.79 Å². The van der Waals surface area contributed by atoms with Crippen molar-refractivity contribution in [1.82, 2.24) is 0 Å². The van der Waals surface area contributed by atoms with Gasteiger partial charge >= 0.3 is 0 Å². The minimum Gasteiger partial charge on any atom is -0.300 e. The van der Waals surface area contributed by atoms with Crippen LogP contribution in [0.2, 0.25) is 5.82 Å². The molecule has 2 radical (unpaired) electrons. The van der Waals surface area contributed by atoms with Crippen molar-refractivity contribution in [3.8, 4) is 0 Å². The monoisotopic (exact) mass is 176 g/mol. The van der Waals surface area contributed by atoms with E-state index >= 15 is 0 Å². The molecule has 0 N–H and O–H groups in total. The van der Waals surface area contributed by atoms with Gasteiger partial charge in [-0.05, 0) is 31.6 Å². The second kappa shape index (κ2) is 3.47. The largest absolute Gasteiger partial charge is 0.300 e. The molecule has 0 aromatic rings. The minimum atomic E-state index is 0.361. The summed E-state index contributed by atoms with van der Waals surface area (Å²) in [5, 5.41) is 0. The topological polar surface area (TPSA) is 17.1 Å². The first kappa shape index (κ1) is 9.30. The number of fused-ring (bicyclic) bond motifs is 1. The molecule has 2 aliphatic rings. The zero-order chi connectivity index (χ0) is 9.42. The lowest BCUT2D eigenvalue weighted by Gasteiger charge is -2.29. The van der Waals surface area contributed by atoms with Crippen molar-refractivity contribution in [3.05, 3.63) is 0 Å². The van der Waals surface area contributed by atoms with Gasteiger partial charge in [0, 0.05) is 5.92 Å². The van der Waals surface area contributed by atoms with E-state index in [-0.39, 0.29) is 0 Å². The van der Waals surface area contributed by atoms with Crippen LogP contribution in [-0.2, 0) is 4.79 Å². The predicted octanol–water partition coefficient (Wildman–Crippen LogP) is 2.36. The summed E-state index contributed by atoms with van der Waals surface area (Å²) in [4.78, 5) is 11.2. The summed E-state index contributed by atoms with van der Waals surface area (Å²) >= 11 is 0. The number of hydrogen-bond donors (Lipinski definition) is 0. The van der Waals surface area contributed by atoms with Gasteiger partial charge in [-0.15, -0.1) is 0 Å². The molecule has 2 fully saturated rings. The van der Waals surface area contributed by atoms with Crippen LogP contribution in [0.3, 0.4) is 0 Å². The molecule has 2 aliphatic carbocycles. The van der Waals surface area contributed by atoms with Crippen LogP contribution < -0.4 is 0 Å². The van der Waals surface area contributed by atoms with Crippen LogP contribution in [0.15, 0.2) is 0 Å². The lowest BCUT2D eigenvalue weighted by atomic mass is 9.68. The molecule has 13 heavy (non-hydrogen) atoms. The molecule has 0 spiro atoms. The molecule has 0 amide bonds. The molecule has 70 valence electrons. The maximum absolute atomic E-state index is 11.2. The number of carbonyl (C=O) groups is 1. The van der Waals surface area contributed by atoms with Crippen LogP contribution in [0.1, 0.15) is 39.0 Å². The van der Waals surface area contributed by atoms with E-state index in [1.165, 1.54) is 12.8 Å². The highest BCUT2D eigenvalue weighted by atomic mass is 16.1. The van der Waals surface area contributed by atoms with Crippen LogP contribution >= 0.6 is 0 Å². The van der Waals surface area contributed by atoms with Crippen molar-refractivity contribution in [2.75, 3.05) is 0 Å². The zero-order valence-corrected chi connectivity index (χ0v) is 8.33. The highest BCUT2D eigenvalue weighted by molar-refractivity contribution is 6.11. The first-order valence-electron chi connectivity index (χ1n) is 5.43. The number of carbonyl (C=O) groups excluding carboxylic acids is 1. The summed E-state index contributed by atoms with van der Waals surface area (Å²) in [6.07, 6.45) is 5.86. The van der Waals surface area contributed by atoms with E-state index in [0.717, 1.165) is 31.1 Å². The fourth-order valence-corrected chi connectivity index (χ4v) is 3.12. The van der Waals surface area contributed by atoms with Gasteiger partial charge in [0.2, 0.25) is 0 Å². The van der Waals surface area contributed by atoms with Crippen molar-refractivity contribution in [3.63, 3.8) is 0 Å². The maximum Gasteiger partial charge on any atom is 0.132 e. The number of Topliss-reactive ketones (excluding diaryl/α,β-unsaturated/α-hetero) is 1. The standard InChI is InChI=1S/C11H17BO/c1-7(13)9-4-8-2-3-11(12)6-10(8)5-9/h8-11H,2-6H2,1H3. The van der Waals surface area contributed by atoms with Crippen molar-refractivity contribution in [1.29, 1.82) is 0 Å². The second-order valence-corrected chi connectivity index (χ2v) is 4.87. The molecule has 2 saturated carbocycles. The molecular formula is C11H17BO. The summed E-state index contributed by atoms with van der Waals surface area (Å²) in [5.41, 5.74) is 0. The lowest BCUT2D eigenvalue weighted by molar-refractivity contribution is -0.120. The normalized spacial score (nSPS) is 44.4. The summed E-state index contributed by atoms with van der Waals surface area (Å²) in [7, 11) is 5.93. The Morgan fingerprint density at radius 3 is 2.54 bits per heavy atom. The van der Waals surface area contributed by atoms with E-state index in [1.807, 2.05) is 0 Å². The molecule has 0 bridgehead atoms. The predicted molar refractivity (Wildman–Crippen MR) is 53.7 cm³/mol. The molecule has 0 aliphatic heterocycles. The number of rotatable bonds is 1. The second-order valence-electron chi connectivity index (χ2n) is 4.87. The molecule has 4 atom stereocenters. The van der Waals surface area contributed by atoms with Gasteiger partial charge in [0.25, 0.3) is 0 Å². The molecule has 0 aromatic heterocycles. The molecule has 0 saturated heterocycles. The third kappa shape index (κ3) is 1.82. The van der Waals surface area contributed by atoms with Crippen molar-refractivity contribution in [2.24, 2.45) is 17.8 Å². The summed E-state index contributed by atoms with van der Waals surface area (Å²) in [6, 6.07) is 0. The van der Waals surface area contributed by atoms with Gasteiger partial charge in [0.1, 0.15) is 5.78 Å². The first-order chi connectivity index (χ1) is 6.16. The fraction of sp³-hybridized carbons (Fsp3) is 0.909. The third-order valence-electron chi connectivity index (χ3n) is 3.93. The van der Waals surface area contributed by atoms with Crippen molar-refractivity contribution in [2.45, 2.75) is 44.8 Å². The summed E-state index contributed by atoms with van der Waals surface area (Å²) in [6.45, 7) is 1.74. The van der Waals surface area contributed by atoms with Crippen LogP contribution in [0, 0.1) is 17.8 Å². The van der Waals surface area contributed by atoms with E-state index < -0.39 is 0 Å². The molecular weight excluding hydrogens is 159 g/mol. The van der Waals surface area contributed by atoms with Gasteiger partial charge in [0.15, 0.2) is 0 Å². The smallest absolute Gasteiger partial charge is 0.132 e. The lowest BCUT2D eigenvalue weighted by Crippen LogP contribution is -2.17. The van der Waals surface area contributed by atoms with Crippen LogP contribution in [-0.4, -0.2) is 13.6 Å². The van der Waals surface area contributed by atoms with Gasteiger partial charge < -0.3 is 0 Å². The van der Waals surface area contributed by atoms with E-state index in [9.17, 15) is 4.79 Å². The Morgan fingerprint density at radius 1 is 1.15 bits per heavy atom. The Morgan fingerprint density at radius 2 is 1.85 bits per heavy atom. The van der Waals surface area contributed by atoms with Gasteiger partial charge in [-0.2, -0.15) is 0 Å². The molecule has 0 aromatic carbocycles. The van der Waals surface area contributed by atoms with E-state index in [0.29, 0.717) is 17.5 Å². The Hall–Kier alpha value is -0.265. The highest BCUT2D eigenvalue weighted by Crippen LogP contribution is 2.47. The Kier molecular flexibility index (Phi) is 2.48. The quantitative estimate of drug-likeness (QED) is 0.560. The van der Waals surface area contributed by atoms with Crippen LogP contribution in [0.4, 0.5) is 0 Å². The third-order valence-corrected chi connectivity index (χ3v) is 3.93. The van der Waals surface area contributed by atoms with E-state index in [2.05, 4.69) is 0 Å². The average Bonchev–Trinajstić information content (AvgIpc) is 2.46. The Labute approximate surface area is 81.7 Å². The first-order valence-corrected chi connectivity index (χ1v) is 5.43. The Bertz CT molecular complexity index is 214. The van der Waals surface area contributed by atoms with E-state index in [4.69, 9.17) is 7.85 Å². The van der Waals surface area contributed by atoms with Crippen molar-refractivity contribution < 1.29 is 4.79 Å². The molecule has 1 nitrogen and oxygen atoms in total. The average molecular weight is 176 g/mol. The van der Waals surface area contributed by atoms with Crippen LogP contribution in [0.5, 0.6) is 0 Å². The van der Waals surface area contributed by atoms with Gasteiger partial charge in [0.05, 0.1) is 7.85 Å². The summed E-state index contributed by atoms with van der Waals surface area (Å²) < 4.78 is 0. The molecule has 4 unspecified atom stereocenters. The minimum absolute atomic E-state index is 0.361. The zero-order valence-electron chi connectivity index (χ0n) is 8.33. The highest BCUT2D eigenvalue weighted by Gasteiger charge is 2.38. The number of hydrogen-bond acceptors (Lipinski definition) is 1. The molecule has 2 rings (SSSR count). The maximum atomic E-state index is 11.2. The molecule has 0 heterocycles. The Balaban J connectivity index is 1.98. The molecule has 2 heteroatoms. The van der Waals surface area contributed by atoms with E-state index in [1.54, 1.807) is 6.92 Å². The van der Waals surface area contributed by atoms with Crippen molar-refractivity contribution >= 4 is 13.6 Å². The van der Waals surface area contributed by atoms with Crippen LogP contribution in [0.25, 0.3) is 0 Å². The SMILES string of the molecule is [B]C1CCC2CC(C(C)=O)CC2C1. The van der Waals surface area contributed by atoms with Gasteiger partial charge in [-0.1, -0.05) is 25.1 Å².